The molecule has 0 bridgehead atoms. The van der Waals surface area contributed by atoms with Crippen molar-refractivity contribution in [3.63, 3.8) is 0 Å². The normalized spacial score (nSPS) is 12.1. The molecule has 0 fully saturated rings. The highest BCUT2D eigenvalue weighted by Crippen LogP contribution is 2.27. The number of urea groups is 1. The minimum Gasteiger partial charge on any atom is -0.377 e. The van der Waals surface area contributed by atoms with Gasteiger partial charge in [-0.2, -0.15) is 0 Å². The lowest BCUT2D eigenvalue weighted by Gasteiger charge is -2.34. The maximum Gasteiger partial charge on any atom is 0.319 e. The predicted molar refractivity (Wildman–Crippen MR) is 113 cm³/mol. The Morgan fingerprint density at radius 2 is 1.70 bits per heavy atom. The second-order valence-electron chi connectivity index (χ2n) is 7.83. The summed E-state index contributed by atoms with van der Waals surface area (Å²) in [7, 11) is 3.96. The summed E-state index contributed by atoms with van der Waals surface area (Å²) < 4.78 is 0. The van der Waals surface area contributed by atoms with E-state index in [0.717, 1.165) is 16.9 Å². The minimum absolute atomic E-state index is 0.0642. The van der Waals surface area contributed by atoms with Crippen molar-refractivity contribution < 1.29 is 9.59 Å². The molecule has 27 heavy (non-hydrogen) atoms. The number of carbonyl (C=O) groups is 2. The number of hydrogen-bond acceptors (Lipinski definition) is 3. The summed E-state index contributed by atoms with van der Waals surface area (Å²) in [6.45, 7) is 13.2. The van der Waals surface area contributed by atoms with Gasteiger partial charge in [-0.1, -0.05) is 27.7 Å². The Hall–Kier alpha value is -2.24. The highest BCUT2D eigenvalue weighted by atomic mass is 16.2. The van der Waals surface area contributed by atoms with E-state index in [2.05, 4.69) is 31.4 Å². The zero-order valence-electron chi connectivity index (χ0n) is 18.1. The predicted octanol–water partition coefficient (Wildman–Crippen LogP) is 3.92. The molecule has 6 nitrogen and oxygen atoms in total. The van der Waals surface area contributed by atoms with Gasteiger partial charge in [0.2, 0.25) is 5.91 Å². The molecule has 0 saturated carbocycles. The lowest BCUT2D eigenvalue weighted by molar-refractivity contribution is -0.138. The number of benzene rings is 1. The summed E-state index contributed by atoms with van der Waals surface area (Å²) in [5, 5.41) is 5.59. The molecule has 0 radical (unpaired) electrons. The molecule has 0 aliphatic heterocycles. The van der Waals surface area contributed by atoms with E-state index in [1.165, 1.54) is 0 Å². The topological polar surface area (TPSA) is 64.7 Å². The van der Waals surface area contributed by atoms with Crippen LogP contribution in [0.2, 0.25) is 0 Å². The van der Waals surface area contributed by atoms with E-state index in [1.807, 2.05) is 62.9 Å². The summed E-state index contributed by atoms with van der Waals surface area (Å²) >= 11 is 0. The molecule has 3 amide bonds. The second-order valence-corrected chi connectivity index (χ2v) is 7.83. The third-order valence-corrected chi connectivity index (χ3v) is 4.73. The Labute approximate surface area is 164 Å². The lowest BCUT2D eigenvalue weighted by atomic mass is 10.0. The van der Waals surface area contributed by atoms with Crippen LogP contribution >= 0.6 is 0 Å². The van der Waals surface area contributed by atoms with E-state index in [4.69, 9.17) is 0 Å². The maximum absolute atomic E-state index is 12.9. The average Bonchev–Trinajstić information content (AvgIpc) is 2.58. The molecule has 1 aromatic carbocycles. The summed E-state index contributed by atoms with van der Waals surface area (Å²) in [6.07, 6.45) is 0. The fraction of sp³-hybridized carbons (Fsp3) is 0.619. The lowest BCUT2D eigenvalue weighted by Crippen LogP contribution is -2.43. The monoisotopic (exact) mass is 376 g/mol. The van der Waals surface area contributed by atoms with Crippen LogP contribution in [0.15, 0.2) is 18.2 Å². The largest absolute Gasteiger partial charge is 0.377 e. The van der Waals surface area contributed by atoms with Gasteiger partial charge in [0.1, 0.15) is 0 Å². The van der Waals surface area contributed by atoms with Crippen LogP contribution < -0.4 is 15.5 Å². The fourth-order valence-corrected chi connectivity index (χ4v) is 2.86. The molecule has 0 heterocycles. The Bertz CT molecular complexity index is 641. The van der Waals surface area contributed by atoms with Crippen LogP contribution in [0.4, 0.5) is 16.2 Å². The van der Waals surface area contributed by atoms with E-state index in [-0.39, 0.29) is 23.9 Å². The highest BCUT2D eigenvalue weighted by Gasteiger charge is 2.26. The first-order valence-electron chi connectivity index (χ1n) is 9.74. The van der Waals surface area contributed by atoms with Crippen molar-refractivity contribution in [3.8, 4) is 0 Å². The van der Waals surface area contributed by atoms with Crippen molar-refractivity contribution in [1.29, 1.82) is 0 Å². The van der Waals surface area contributed by atoms with Crippen LogP contribution in [0.3, 0.4) is 0 Å². The summed E-state index contributed by atoms with van der Waals surface area (Å²) in [4.78, 5) is 28.7. The molecule has 0 aliphatic carbocycles. The Balaban J connectivity index is 3.24. The number of hydrogen-bond donors (Lipinski definition) is 2. The Morgan fingerprint density at radius 1 is 1.07 bits per heavy atom. The molecule has 1 rings (SSSR count). The molecule has 6 heteroatoms. The molecular weight excluding hydrogens is 340 g/mol. The van der Waals surface area contributed by atoms with Crippen LogP contribution in [0.5, 0.6) is 0 Å². The van der Waals surface area contributed by atoms with Gasteiger partial charge in [-0.3, -0.25) is 4.79 Å². The fourth-order valence-electron chi connectivity index (χ4n) is 2.86. The van der Waals surface area contributed by atoms with E-state index in [9.17, 15) is 9.59 Å². The van der Waals surface area contributed by atoms with Gasteiger partial charge in [0.05, 0.1) is 0 Å². The van der Waals surface area contributed by atoms with Crippen LogP contribution in [0.1, 0.15) is 47.1 Å². The quantitative estimate of drug-likeness (QED) is 0.723. The molecule has 152 valence electrons. The van der Waals surface area contributed by atoms with Crippen LogP contribution in [0.25, 0.3) is 0 Å². The Kier molecular flexibility index (Phi) is 8.60. The number of nitrogens with zero attached hydrogens (tertiary/aromatic N) is 2. The smallest absolute Gasteiger partial charge is 0.319 e. The van der Waals surface area contributed by atoms with Crippen LogP contribution in [0, 0.1) is 11.8 Å². The number of rotatable bonds is 8. The second kappa shape index (κ2) is 10.2. The summed E-state index contributed by atoms with van der Waals surface area (Å²) in [6, 6.07) is 5.71. The van der Waals surface area contributed by atoms with Gasteiger partial charge >= 0.3 is 6.03 Å². The number of anilines is 2. The van der Waals surface area contributed by atoms with Crippen molar-refractivity contribution in [2.75, 3.05) is 30.9 Å². The third-order valence-electron chi connectivity index (χ3n) is 4.73. The van der Waals surface area contributed by atoms with Crippen molar-refractivity contribution in [1.82, 2.24) is 10.2 Å². The standard InChI is InChI=1S/C21H36N4O2/c1-9-22-21(27)23-18-10-11-19(24(7)8)17(12-18)13-25(16(6)14(2)3)20(26)15(4)5/h10-12,14-16H,9,13H2,1-8H3,(H2,22,23,27)/t16-/m0/s1. The van der Waals surface area contributed by atoms with Crippen molar-refractivity contribution in [2.45, 2.75) is 54.1 Å². The van der Waals surface area contributed by atoms with E-state index in [0.29, 0.717) is 19.0 Å². The average molecular weight is 377 g/mol. The first kappa shape index (κ1) is 22.8. The molecule has 2 N–H and O–H groups in total. The van der Waals surface area contributed by atoms with Crippen molar-refractivity contribution in [3.05, 3.63) is 23.8 Å². The third kappa shape index (κ3) is 6.45. The number of nitrogens with one attached hydrogen (secondary N) is 2. The molecule has 0 aliphatic rings. The van der Waals surface area contributed by atoms with Gasteiger partial charge in [0, 0.05) is 50.5 Å². The van der Waals surface area contributed by atoms with E-state index < -0.39 is 0 Å². The number of amides is 3. The Morgan fingerprint density at radius 3 is 2.19 bits per heavy atom. The van der Waals surface area contributed by atoms with Gasteiger partial charge in [0.15, 0.2) is 0 Å². The van der Waals surface area contributed by atoms with Gasteiger partial charge in [-0.05, 0) is 43.5 Å². The molecule has 0 saturated heterocycles. The maximum atomic E-state index is 12.9. The van der Waals surface area contributed by atoms with Gasteiger partial charge < -0.3 is 20.4 Å². The zero-order valence-corrected chi connectivity index (χ0v) is 18.1. The molecule has 1 atom stereocenters. The molecule has 0 spiro atoms. The van der Waals surface area contributed by atoms with Gasteiger partial charge in [-0.15, -0.1) is 0 Å². The molecule has 0 aromatic heterocycles. The van der Waals surface area contributed by atoms with Crippen molar-refractivity contribution in [2.24, 2.45) is 11.8 Å². The van der Waals surface area contributed by atoms with Gasteiger partial charge in [-0.25, -0.2) is 4.79 Å². The molecule has 1 aromatic rings. The zero-order chi connectivity index (χ0) is 20.7. The van der Waals surface area contributed by atoms with Gasteiger partial charge in [0.25, 0.3) is 0 Å². The molecule has 0 unspecified atom stereocenters. The minimum atomic E-state index is -0.230. The van der Waals surface area contributed by atoms with Crippen LogP contribution in [-0.4, -0.2) is 43.5 Å². The number of carbonyl (C=O) groups excluding carboxylic acids is 2. The van der Waals surface area contributed by atoms with Crippen molar-refractivity contribution >= 4 is 23.3 Å². The highest BCUT2D eigenvalue weighted by molar-refractivity contribution is 5.89. The molecular formula is C21H36N4O2. The summed E-state index contributed by atoms with van der Waals surface area (Å²) in [5.41, 5.74) is 2.76. The first-order chi connectivity index (χ1) is 12.6. The SMILES string of the molecule is CCNC(=O)Nc1ccc(N(C)C)c(CN(C(=O)C(C)C)[C@@H](C)C(C)C)c1. The van der Waals surface area contributed by atoms with E-state index >= 15 is 0 Å². The van der Waals surface area contributed by atoms with Crippen LogP contribution in [-0.2, 0) is 11.3 Å². The first-order valence-corrected chi connectivity index (χ1v) is 9.74. The van der Waals surface area contributed by atoms with E-state index in [1.54, 1.807) is 0 Å². The summed E-state index contributed by atoms with van der Waals surface area (Å²) in [5.74, 6) is 0.431.